The van der Waals surface area contributed by atoms with Crippen LogP contribution in [0, 0.1) is 0 Å². The van der Waals surface area contributed by atoms with Crippen LogP contribution in [-0.2, 0) is 11.3 Å². The molecular formula is C18H17N3O3. The van der Waals surface area contributed by atoms with Crippen molar-refractivity contribution in [1.29, 1.82) is 0 Å². The van der Waals surface area contributed by atoms with Gasteiger partial charge in [-0.15, -0.1) is 5.10 Å². The highest BCUT2D eigenvalue weighted by atomic mass is 16.5. The number of hydrogen-bond acceptors (Lipinski definition) is 5. The summed E-state index contributed by atoms with van der Waals surface area (Å²) in [4.78, 5) is 24.5. The smallest absolute Gasteiger partial charge is 0.338 e. The standard InChI is InChI=1S/C18H17N3O3/c1-3-21-16-10-9-14(11-15(16)19-20-21)18(23)24-12(2)17(22)13-7-5-4-6-8-13/h4-12H,3H2,1-2H3. The highest BCUT2D eigenvalue weighted by molar-refractivity contribution is 6.01. The summed E-state index contributed by atoms with van der Waals surface area (Å²) in [5, 5.41) is 8.04. The van der Waals surface area contributed by atoms with Crippen molar-refractivity contribution in [3.05, 3.63) is 59.7 Å². The molecule has 1 heterocycles. The third-order valence-electron chi connectivity index (χ3n) is 3.76. The Morgan fingerprint density at radius 1 is 1.12 bits per heavy atom. The number of nitrogens with zero attached hydrogens (tertiary/aromatic N) is 3. The van der Waals surface area contributed by atoms with Crippen molar-refractivity contribution in [3.8, 4) is 0 Å². The average molecular weight is 323 g/mol. The second kappa shape index (κ2) is 6.62. The molecule has 1 aromatic heterocycles. The molecule has 0 aliphatic carbocycles. The molecule has 0 N–H and O–H groups in total. The van der Waals surface area contributed by atoms with Crippen LogP contribution in [-0.4, -0.2) is 32.9 Å². The maximum absolute atomic E-state index is 12.3. The van der Waals surface area contributed by atoms with Crippen LogP contribution >= 0.6 is 0 Å². The van der Waals surface area contributed by atoms with Crippen LogP contribution < -0.4 is 0 Å². The second-order valence-corrected chi connectivity index (χ2v) is 5.39. The summed E-state index contributed by atoms with van der Waals surface area (Å²) in [6.07, 6.45) is -0.859. The van der Waals surface area contributed by atoms with Crippen LogP contribution in [0.25, 0.3) is 11.0 Å². The number of Topliss-reactive ketones (excluding diaryl/α,β-unsaturated/α-hetero) is 1. The van der Waals surface area contributed by atoms with Gasteiger partial charge in [0.05, 0.1) is 11.1 Å². The number of benzene rings is 2. The lowest BCUT2D eigenvalue weighted by Crippen LogP contribution is -2.24. The number of aromatic nitrogens is 3. The molecule has 0 fully saturated rings. The molecular weight excluding hydrogens is 306 g/mol. The number of ketones is 1. The van der Waals surface area contributed by atoms with Crippen molar-refractivity contribution in [1.82, 2.24) is 15.0 Å². The topological polar surface area (TPSA) is 74.1 Å². The zero-order valence-electron chi connectivity index (χ0n) is 13.5. The molecule has 0 saturated carbocycles. The van der Waals surface area contributed by atoms with E-state index in [0.717, 1.165) is 5.52 Å². The van der Waals surface area contributed by atoms with Crippen molar-refractivity contribution in [3.63, 3.8) is 0 Å². The van der Waals surface area contributed by atoms with Crippen LogP contribution in [0.2, 0.25) is 0 Å². The number of aryl methyl sites for hydroxylation is 1. The van der Waals surface area contributed by atoms with Gasteiger partial charge in [-0.25, -0.2) is 9.48 Å². The van der Waals surface area contributed by atoms with Crippen molar-refractivity contribution in [2.45, 2.75) is 26.5 Å². The predicted octanol–water partition coefficient (Wildman–Crippen LogP) is 2.88. The fraction of sp³-hybridized carbons (Fsp3) is 0.222. The van der Waals surface area contributed by atoms with Gasteiger partial charge < -0.3 is 4.74 Å². The Morgan fingerprint density at radius 3 is 2.58 bits per heavy atom. The molecule has 2 aromatic carbocycles. The van der Waals surface area contributed by atoms with Gasteiger partial charge in [0.25, 0.3) is 0 Å². The van der Waals surface area contributed by atoms with E-state index in [2.05, 4.69) is 10.3 Å². The summed E-state index contributed by atoms with van der Waals surface area (Å²) < 4.78 is 7.03. The quantitative estimate of drug-likeness (QED) is 0.533. The summed E-state index contributed by atoms with van der Waals surface area (Å²) in [5.74, 6) is -0.790. The molecule has 122 valence electrons. The number of carbonyl (C=O) groups excluding carboxylic acids is 2. The summed E-state index contributed by atoms with van der Waals surface area (Å²) >= 11 is 0. The van der Waals surface area contributed by atoms with E-state index >= 15 is 0 Å². The third kappa shape index (κ3) is 3.03. The zero-order chi connectivity index (χ0) is 17.1. The van der Waals surface area contributed by atoms with Gasteiger partial charge in [0.1, 0.15) is 5.52 Å². The van der Waals surface area contributed by atoms with E-state index in [1.807, 2.05) is 13.0 Å². The molecule has 0 aliphatic heterocycles. The third-order valence-corrected chi connectivity index (χ3v) is 3.76. The van der Waals surface area contributed by atoms with Gasteiger partial charge in [-0.1, -0.05) is 35.5 Å². The average Bonchev–Trinajstić information content (AvgIpc) is 3.04. The summed E-state index contributed by atoms with van der Waals surface area (Å²) in [7, 11) is 0. The second-order valence-electron chi connectivity index (χ2n) is 5.39. The summed E-state index contributed by atoms with van der Waals surface area (Å²) in [6, 6.07) is 13.8. The Bertz CT molecular complexity index is 887. The van der Waals surface area contributed by atoms with Gasteiger partial charge in [0, 0.05) is 12.1 Å². The fourth-order valence-corrected chi connectivity index (χ4v) is 2.45. The van der Waals surface area contributed by atoms with E-state index in [1.165, 1.54) is 0 Å². The van der Waals surface area contributed by atoms with Gasteiger partial charge in [0.15, 0.2) is 6.10 Å². The van der Waals surface area contributed by atoms with E-state index < -0.39 is 12.1 Å². The van der Waals surface area contributed by atoms with Gasteiger partial charge in [-0.3, -0.25) is 4.79 Å². The number of hydrogen-bond donors (Lipinski definition) is 0. The number of carbonyl (C=O) groups is 2. The molecule has 0 bridgehead atoms. The first-order chi connectivity index (χ1) is 11.6. The number of ether oxygens (including phenoxy) is 1. The van der Waals surface area contributed by atoms with Gasteiger partial charge >= 0.3 is 5.97 Å². The van der Waals surface area contributed by atoms with Gasteiger partial charge in [0.2, 0.25) is 5.78 Å². The molecule has 1 atom stereocenters. The molecule has 0 aliphatic rings. The van der Waals surface area contributed by atoms with Crippen LogP contribution in [0.4, 0.5) is 0 Å². The number of fused-ring (bicyclic) bond motifs is 1. The van der Waals surface area contributed by atoms with E-state index in [-0.39, 0.29) is 5.78 Å². The lowest BCUT2D eigenvalue weighted by Gasteiger charge is -2.12. The van der Waals surface area contributed by atoms with Crippen LogP contribution in [0.3, 0.4) is 0 Å². The monoisotopic (exact) mass is 323 g/mol. The Labute approximate surface area is 139 Å². The van der Waals surface area contributed by atoms with E-state index in [0.29, 0.717) is 23.2 Å². The van der Waals surface area contributed by atoms with Crippen LogP contribution in [0.15, 0.2) is 48.5 Å². The summed E-state index contributed by atoms with van der Waals surface area (Å²) in [6.45, 7) is 4.23. The molecule has 0 saturated heterocycles. The molecule has 0 radical (unpaired) electrons. The summed E-state index contributed by atoms with van der Waals surface area (Å²) in [5.41, 5.74) is 2.33. The van der Waals surface area contributed by atoms with Crippen molar-refractivity contribution < 1.29 is 14.3 Å². The maximum atomic E-state index is 12.3. The van der Waals surface area contributed by atoms with E-state index in [1.54, 1.807) is 54.1 Å². The fourth-order valence-electron chi connectivity index (χ4n) is 2.45. The van der Waals surface area contributed by atoms with Crippen LogP contribution in [0.1, 0.15) is 34.6 Å². The Balaban J connectivity index is 1.76. The zero-order valence-corrected chi connectivity index (χ0v) is 13.5. The molecule has 6 heteroatoms. The molecule has 6 nitrogen and oxygen atoms in total. The minimum Gasteiger partial charge on any atom is -0.451 e. The largest absolute Gasteiger partial charge is 0.451 e. The first-order valence-corrected chi connectivity index (χ1v) is 7.73. The minimum atomic E-state index is -0.859. The Hall–Kier alpha value is -3.02. The lowest BCUT2D eigenvalue weighted by atomic mass is 10.1. The molecule has 3 rings (SSSR count). The normalized spacial score (nSPS) is 12.1. The molecule has 1 unspecified atom stereocenters. The first kappa shape index (κ1) is 15.9. The number of rotatable bonds is 5. The molecule has 0 spiro atoms. The SMILES string of the molecule is CCn1nnc2cc(C(=O)OC(C)C(=O)c3ccccc3)ccc21. The number of esters is 1. The molecule has 0 amide bonds. The highest BCUT2D eigenvalue weighted by Crippen LogP contribution is 2.15. The van der Waals surface area contributed by atoms with Crippen molar-refractivity contribution in [2.75, 3.05) is 0 Å². The minimum absolute atomic E-state index is 0.234. The van der Waals surface area contributed by atoms with Crippen molar-refractivity contribution >= 4 is 22.8 Å². The van der Waals surface area contributed by atoms with Crippen LogP contribution in [0.5, 0.6) is 0 Å². The van der Waals surface area contributed by atoms with E-state index in [9.17, 15) is 9.59 Å². The van der Waals surface area contributed by atoms with E-state index in [4.69, 9.17) is 4.74 Å². The van der Waals surface area contributed by atoms with Gasteiger partial charge in [-0.05, 0) is 32.0 Å². The first-order valence-electron chi connectivity index (χ1n) is 7.73. The lowest BCUT2D eigenvalue weighted by molar-refractivity contribution is 0.0319. The highest BCUT2D eigenvalue weighted by Gasteiger charge is 2.20. The molecule has 3 aromatic rings. The Morgan fingerprint density at radius 2 is 1.88 bits per heavy atom. The Kier molecular flexibility index (Phi) is 4.37. The molecule has 24 heavy (non-hydrogen) atoms. The van der Waals surface area contributed by atoms with Gasteiger partial charge in [-0.2, -0.15) is 0 Å². The van der Waals surface area contributed by atoms with Crippen molar-refractivity contribution in [2.24, 2.45) is 0 Å². The predicted molar refractivity (Wildman–Crippen MR) is 88.9 cm³/mol. The maximum Gasteiger partial charge on any atom is 0.338 e.